The first-order valence-electron chi connectivity index (χ1n) is 9.13. The normalized spacial score (nSPS) is 15.2. The molecule has 2 aromatic carbocycles. The Balaban J connectivity index is 1.39. The largest absolute Gasteiger partial charge is 0.492 e. The molecule has 1 aliphatic heterocycles. The zero-order chi connectivity index (χ0) is 21.6. The Hall–Kier alpha value is -3.40. The van der Waals surface area contributed by atoms with Gasteiger partial charge in [-0.05, 0) is 36.8 Å². The van der Waals surface area contributed by atoms with Gasteiger partial charge in [-0.15, -0.1) is 0 Å². The van der Waals surface area contributed by atoms with Gasteiger partial charge >= 0.3 is 5.97 Å². The minimum atomic E-state index is -3.67. The number of sulfonamides is 1. The van der Waals surface area contributed by atoms with Crippen molar-refractivity contribution in [2.45, 2.75) is 11.8 Å². The molecule has 2 aromatic rings. The van der Waals surface area contributed by atoms with Crippen molar-refractivity contribution in [3.05, 3.63) is 59.7 Å². The number of nitrogens with zero attached hydrogens (tertiary/aromatic N) is 1. The molecule has 1 heterocycles. The number of carbonyl (C=O) groups is 2. The fourth-order valence-electron chi connectivity index (χ4n) is 2.70. The summed E-state index contributed by atoms with van der Waals surface area (Å²) < 4.78 is 36.6. The van der Waals surface area contributed by atoms with Gasteiger partial charge < -0.3 is 14.8 Å². The summed E-state index contributed by atoms with van der Waals surface area (Å²) in [5.41, 5.74) is 1.46. The van der Waals surface area contributed by atoms with Crippen LogP contribution in [0.5, 0.6) is 5.75 Å². The molecule has 0 saturated carbocycles. The SMILES string of the molecule is Cc1cccc(OCCNC(=O)COC(=O)CN=C2NS(=O)(=O)c3ccccc32)c1. The first kappa shape index (κ1) is 21.3. The summed E-state index contributed by atoms with van der Waals surface area (Å²) >= 11 is 0. The Labute approximate surface area is 174 Å². The number of aliphatic imine (C=N–C) groups is 1. The van der Waals surface area contributed by atoms with E-state index in [1.807, 2.05) is 31.2 Å². The summed E-state index contributed by atoms with van der Waals surface area (Å²) in [7, 11) is -3.67. The molecule has 0 spiro atoms. The molecule has 1 amide bonds. The highest BCUT2D eigenvalue weighted by Gasteiger charge is 2.30. The number of hydrogen-bond donors (Lipinski definition) is 2. The molecule has 1 aliphatic rings. The van der Waals surface area contributed by atoms with Crippen molar-refractivity contribution in [3.8, 4) is 5.75 Å². The van der Waals surface area contributed by atoms with Gasteiger partial charge in [0.2, 0.25) is 0 Å². The second-order valence-electron chi connectivity index (χ2n) is 6.44. The highest BCUT2D eigenvalue weighted by atomic mass is 32.2. The summed E-state index contributed by atoms with van der Waals surface area (Å²) in [6.45, 7) is 1.60. The van der Waals surface area contributed by atoms with Crippen LogP contribution in [0.3, 0.4) is 0 Å². The number of benzene rings is 2. The Bertz CT molecular complexity index is 1080. The lowest BCUT2D eigenvalue weighted by Crippen LogP contribution is -2.32. The zero-order valence-electron chi connectivity index (χ0n) is 16.3. The lowest BCUT2D eigenvalue weighted by atomic mass is 10.2. The molecular formula is C20H21N3O6S. The van der Waals surface area contributed by atoms with E-state index in [0.29, 0.717) is 11.3 Å². The quantitative estimate of drug-likeness (QED) is 0.470. The number of hydrogen-bond acceptors (Lipinski definition) is 7. The van der Waals surface area contributed by atoms with E-state index in [4.69, 9.17) is 9.47 Å². The first-order valence-corrected chi connectivity index (χ1v) is 10.6. The molecule has 0 saturated heterocycles. The van der Waals surface area contributed by atoms with E-state index in [1.54, 1.807) is 18.2 Å². The second-order valence-corrected chi connectivity index (χ2v) is 8.09. The standard InChI is InChI=1S/C20H21N3O6S/c1-14-5-4-6-15(11-14)28-10-9-21-18(24)13-29-19(25)12-22-20-16-7-2-3-8-17(16)30(26,27)23-20/h2-8,11H,9-10,12-13H2,1H3,(H,21,24)(H,22,23). The number of esters is 1. The predicted octanol–water partition coefficient (Wildman–Crippen LogP) is 0.772. The van der Waals surface area contributed by atoms with Crippen molar-refractivity contribution >= 4 is 27.7 Å². The van der Waals surface area contributed by atoms with E-state index >= 15 is 0 Å². The summed E-state index contributed by atoms with van der Waals surface area (Å²) in [6.07, 6.45) is 0. The highest BCUT2D eigenvalue weighted by molar-refractivity contribution is 7.90. The summed E-state index contributed by atoms with van der Waals surface area (Å²) in [5.74, 6) is -0.452. The maximum absolute atomic E-state index is 12.0. The smallest absolute Gasteiger partial charge is 0.328 e. The molecule has 0 atom stereocenters. The Morgan fingerprint density at radius 3 is 2.73 bits per heavy atom. The van der Waals surface area contributed by atoms with Crippen LogP contribution in [0.4, 0.5) is 0 Å². The van der Waals surface area contributed by atoms with E-state index in [-0.39, 0.29) is 23.9 Å². The maximum atomic E-state index is 12.0. The molecule has 0 aromatic heterocycles. The van der Waals surface area contributed by atoms with Crippen molar-refractivity contribution in [2.75, 3.05) is 26.3 Å². The molecule has 158 valence electrons. The van der Waals surface area contributed by atoms with Crippen LogP contribution in [0.25, 0.3) is 0 Å². The number of amides is 1. The minimum Gasteiger partial charge on any atom is -0.492 e. The second kappa shape index (κ2) is 9.40. The Morgan fingerprint density at radius 2 is 1.93 bits per heavy atom. The van der Waals surface area contributed by atoms with E-state index in [2.05, 4.69) is 15.0 Å². The van der Waals surface area contributed by atoms with Gasteiger partial charge in [0, 0.05) is 5.56 Å². The zero-order valence-corrected chi connectivity index (χ0v) is 17.1. The van der Waals surface area contributed by atoms with Crippen LogP contribution < -0.4 is 14.8 Å². The fourth-order valence-corrected chi connectivity index (χ4v) is 3.95. The molecule has 30 heavy (non-hydrogen) atoms. The van der Waals surface area contributed by atoms with Gasteiger partial charge in [-0.1, -0.05) is 24.3 Å². The molecule has 0 unspecified atom stereocenters. The highest BCUT2D eigenvalue weighted by Crippen LogP contribution is 2.22. The third-order valence-electron chi connectivity index (χ3n) is 4.08. The van der Waals surface area contributed by atoms with E-state index < -0.39 is 35.1 Å². The topological polar surface area (TPSA) is 123 Å². The molecule has 0 fully saturated rings. The van der Waals surface area contributed by atoms with Crippen molar-refractivity contribution in [1.29, 1.82) is 0 Å². The third-order valence-corrected chi connectivity index (χ3v) is 5.47. The van der Waals surface area contributed by atoms with Gasteiger partial charge in [0.25, 0.3) is 15.9 Å². The van der Waals surface area contributed by atoms with Crippen LogP contribution >= 0.6 is 0 Å². The van der Waals surface area contributed by atoms with Crippen molar-refractivity contribution < 1.29 is 27.5 Å². The lowest BCUT2D eigenvalue weighted by Gasteiger charge is -2.08. The lowest BCUT2D eigenvalue weighted by molar-refractivity contribution is -0.147. The molecule has 0 bridgehead atoms. The van der Waals surface area contributed by atoms with Gasteiger partial charge in [0.1, 0.15) is 24.7 Å². The monoisotopic (exact) mass is 431 g/mol. The number of amidine groups is 1. The first-order chi connectivity index (χ1) is 14.3. The number of ether oxygens (including phenoxy) is 2. The number of carbonyl (C=O) groups excluding carboxylic acids is 2. The fraction of sp³-hybridized carbons (Fsp3) is 0.250. The number of rotatable bonds is 8. The third kappa shape index (κ3) is 5.57. The summed E-state index contributed by atoms with van der Waals surface area (Å²) in [5, 5.41) is 2.58. The Morgan fingerprint density at radius 1 is 1.13 bits per heavy atom. The number of fused-ring (bicyclic) bond motifs is 1. The van der Waals surface area contributed by atoms with Gasteiger partial charge in [-0.25, -0.2) is 8.42 Å². The van der Waals surface area contributed by atoms with Gasteiger partial charge in [0.05, 0.1) is 11.4 Å². The molecule has 0 radical (unpaired) electrons. The average molecular weight is 431 g/mol. The molecule has 2 N–H and O–H groups in total. The number of aryl methyl sites for hydroxylation is 1. The van der Waals surface area contributed by atoms with E-state index in [9.17, 15) is 18.0 Å². The van der Waals surface area contributed by atoms with Gasteiger partial charge in [0.15, 0.2) is 6.61 Å². The molecule has 0 aliphatic carbocycles. The van der Waals surface area contributed by atoms with E-state index in [0.717, 1.165) is 5.56 Å². The van der Waals surface area contributed by atoms with E-state index in [1.165, 1.54) is 6.07 Å². The van der Waals surface area contributed by atoms with Gasteiger partial charge in [-0.2, -0.15) is 0 Å². The number of nitrogens with one attached hydrogen (secondary N) is 2. The van der Waals surface area contributed by atoms with Crippen LogP contribution in [0, 0.1) is 6.92 Å². The summed E-state index contributed by atoms with van der Waals surface area (Å²) in [6, 6.07) is 13.8. The minimum absolute atomic E-state index is 0.0697. The van der Waals surface area contributed by atoms with Gasteiger partial charge in [-0.3, -0.25) is 19.3 Å². The summed E-state index contributed by atoms with van der Waals surface area (Å²) in [4.78, 5) is 27.6. The van der Waals surface area contributed by atoms with Crippen molar-refractivity contribution in [2.24, 2.45) is 4.99 Å². The molecule has 10 heteroatoms. The van der Waals surface area contributed by atoms with Crippen LogP contribution in [-0.2, 0) is 24.3 Å². The van der Waals surface area contributed by atoms with Crippen molar-refractivity contribution in [1.82, 2.24) is 10.0 Å². The van der Waals surface area contributed by atoms with Crippen LogP contribution in [0.1, 0.15) is 11.1 Å². The maximum Gasteiger partial charge on any atom is 0.328 e. The molecule has 9 nitrogen and oxygen atoms in total. The average Bonchev–Trinajstić information content (AvgIpc) is 2.99. The molecular weight excluding hydrogens is 410 g/mol. The van der Waals surface area contributed by atoms with Crippen molar-refractivity contribution in [3.63, 3.8) is 0 Å². The van der Waals surface area contributed by atoms with Crippen LogP contribution in [-0.4, -0.2) is 52.4 Å². The van der Waals surface area contributed by atoms with Crippen LogP contribution in [0.2, 0.25) is 0 Å². The Kier molecular flexibility index (Phi) is 6.68. The predicted molar refractivity (Wildman–Crippen MR) is 109 cm³/mol. The van der Waals surface area contributed by atoms with Crippen LogP contribution in [0.15, 0.2) is 58.4 Å². The molecule has 3 rings (SSSR count).